The molecule has 0 amide bonds. The topological polar surface area (TPSA) is 65.0 Å². The maximum atomic E-state index is 11.8. The van der Waals surface area contributed by atoms with E-state index in [-0.39, 0.29) is 11.9 Å². The summed E-state index contributed by atoms with van der Waals surface area (Å²) in [5.41, 5.74) is 1.43. The van der Waals surface area contributed by atoms with Gasteiger partial charge in [-0.3, -0.25) is 4.79 Å². The quantitative estimate of drug-likeness (QED) is 0.853. The van der Waals surface area contributed by atoms with E-state index in [1.807, 2.05) is 19.9 Å². The zero-order valence-electron chi connectivity index (χ0n) is 12.2. The van der Waals surface area contributed by atoms with Gasteiger partial charge in [-0.1, -0.05) is 6.92 Å². The van der Waals surface area contributed by atoms with Crippen molar-refractivity contribution in [2.45, 2.75) is 20.0 Å². The average molecular weight is 280 g/mol. The summed E-state index contributed by atoms with van der Waals surface area (Å²) >= 11 is 0. The Morgan fingerprint density at radius 2 is 2.05 bits per heavy atom. The molecule has 1 aromatic carbocycles. The number of methoxy groups -OCH3 is 2. The number of benzene rings is 1. The van der Waals surface area contributed by atoms with Gasteiger partial charge in [0.05, 0.1) is 32.8 Å². The molecule has 1 aliphatic rings. The zero-order chi connectivity index (χ0) is 14.9. The second-order valence-corrected chi connectivity index (χ2v) is 5.14. The highest BCUT2D eigenvalue weighted by molar-refractivity contribution is 5.76. The highest BCUT2D eigenvalue weighted by Crippen LogP contribution is 2.40. The molecule has 0 spiro atoms. The van der Waals surface area contributed by atoms with Crippen molar-refractivity contribution in [3.05, 3.63) is 23.3 Å². The van der Waals surface area contributed by atoms with Gasteiger partial charge in [-0.05, 0) is 18.6 Å². The third-order valence-corrected chi connectivity index (χ3v) is 3.79. The van der Waals surface area contributed by atoms with E-state index in [0.717, 1.165) is 5.56 Å². The van der Waals surface area contributed by atoms with E-state index in [1.54, 1.807) is 13.2 Å². The Morgan fingerprint density at radius 3 is 2.55 bits per heavy atom. The summed E-state index contributed by atoms with van der Waals surface area (Å²) in [5.74, 6) is 0.223. The number of aryl methyl sites for hydroxylation is 1. The molecule has 1 aliphatic heterocycles. The minimum absolute atomic E-state index is 0.0243. The van der Waals surface area contributed by atoms with Crippen molar-refractivity contribution in [3.63, 3.8) is 0 Å². The van der Waals surface area contributed by atoms with E-state index in [1.165, 1.54) is 7.11 Å². The van der Waals surface area contributed by atoms with E-state index in [0.29, 0.717) is 23.7 Å². The molecule has 1 aromatic rings. The van der Waals surface area contributed by atoms with Gasteiger partial charge in [-0.25, -0.2) is 0 Å². The number of hydrogen-bond donors (Lipinski definition) is 1. The summed E-state index contributed by atoms with van der Waals surface area (Å²) in [7, 11) is 3.10. The Morgan fingerprint density at radius 1 is 1.35 bits per heavy atom. The van der Waals surface area contributed by atoms with Crippen LogP contribution in [0.4, 0.5) is 0 Å². The van der Waals surface area contributed by atoms with Crippen molar-refractivity contribution < 1.29 is 24.1 Å². The molecule has 0 aliphatic carbocycles. The van der Waals surface area contributed by atoms with Gasteiger partial charge in [0.2, 0.25) is 0 Å². The molecule has 1 heterocycles. The maximum Gasteiger partial charge on any atom is 0.312 e. The molecular formula is C15H20O5. The smallest absolute Gasteiger partial charge is 0.312 e. The normalized spacial score (nSPS) is 23.4. The van der Waals surface area contributed by atoms with Crippen LogP contribution in [0.25, 0.3) is 0 Å². The van der Waals surface area contributed by atoms with Gasteiger partial charge in [0.25, 0.3) is 0 Å². The highest BCUT2D eigenvalue weighted by Gasteiger charge is 2.41. The number of carbonyl (C=O) groups is 1. The molecule has 110 valence electrons. The summed E-state index contributed by atoms with van der Waals surface area (Å²) in [6, 6.07) is 3.52. The fraction of sp³-hybridized carbons (Fsp3) is 0.533. The van der Waals surface area contributed by atoms with Crippen LogP contribution in [-0.2, 0) is 9.53 Å². The first kappa shape index (κ1) is 14.7. The minimum atomic E-state index is -0.944. The van der Waals surface area contributed by atoms with Crippen molar-refractivity contribution in [2.24, 2.45) is 11.8 Å². The Bertz CT molecular complexity index is 511. The number of rotatable bonds is 4. The first-order valence-electron chi connectivity index (χ1n) is 6.56. The third kappa shape index (κ3) is 2.45. The van der Waals surface area contributed by atoms with Crippen LogP contribution < -0.4 is 9.47 Å². The SMILES string of the molecule is COc1cc(C)c([C@H](O)[C@H]2C(=O)OC[C@@H]2C)c(OC)c1. The van der Waals surface area contributed by atoms with Gasteiger partial charge in [0.15, 0.2) is 0 Å². The number of cyclic esters (lactones) is 1. The molecule has 0 unspecified atom stereocenters. The van der Waals surface area contributed by atoms with Crippen LogP contribution in [0, 0.1) is 18.8 Å². The number of aliphatic hydroxyl groups excluding tert-OH is 1. The van der Waals surface area contributed by atoms with Crippen LogP contribution in [0.2, 0.25) is 0 Å². The Balaban J connectivity index is 2.43. The van der Waals surface area contributed by atoms with Gasteiger partial charge < -0.3 is 19.3 Å². The van der Waals surface area contributed by atoms with Crippen LogP contribution in [0.5, 0.6) is 11.5 Å². The number of carbonyl (C=O) groups excluding carboxylic acids is 1. The summed E-state index contributed by atoms with van der Waals surface area (Å²) in [5, 5.41) is 10.6. The van der Waals surface area contributed by atoms with E-state index in [4.69, 9.17) is 14.2 Å². The second-order valence-electron chi connectivity index (χ2n) is 5.14. The second kappa shape index (κ2) is 5.71. The van der Waals surface area contributed by atoms with Gasteiger partial charge in [0.1, 0.15) is 11.5 Å². The molecule has 3 atom stereocenters. The number of ether oxygens (including phenoxy) is 3. The van der Waals surface area contributed by atoms with E-state index in [9.17, 15) is 9.90 Å². The van der Waals surface area contributed by atoms with Gasteiger partial charge >= 0.3 is 5.97 Å². The summed E-state index contributed by atoms with van der Waals surface area (Å²) in [4.78, 5) is 11.8. The lowest BCUT2D eigenvalue weighted by Crippen LogP contribution is -2.23. The van der Waals surface area contributed by atoms with Crippen LogP contribution in [0.15, 0.2) is 12.1 Å². The van der Waals surface area contributed by atoms with Crippen molar-refractivity contribution in [1.82, 2.24) is 0 Å². The fourth-order valence-electron chi connectivity index (χ4n) is 2.67. The minimum Gasteiger partial charge on any atom is -0.497 e. The van der Waals surface area contributed by atoms with E-state index in [2.05, 4.69) is 0 Å². The van der Waals surface area contributed by atoms with Crippen molar-refractivity contribution in [1.29, 1.82) is 0 Å². The first-order chi connectivity index (χ1) is 9.49. The van der Waals surface area contributed by atoms with Gasteiger partial charge in [-0.2, -0.15) is 0 Å². The van der Waals surface area contributed by atoms with E-state index >= 15 is 0 Å². The molecule has 1 fully saturated rings. The lowest BCUT2D eigenvalue weighted by atomic mass is 9.85. The Hall–Kier alpha value is -1.75. The molecule has 0 aromatic heterocycles. The predicted octanol–water partition coefficient (Wildman–Crippen LogP) is 1.85. The first-order valence-corrected chi connectivity index (χ1v) is 6.56. The number of esters is 1. The van der Waals surface area contributed by atoms with Crippen molar-refractivity contribution >= 4 is 5.97 Å². The predicted molar refractivity (Wildman–Crippen MR) is 72.9 cm³/mol. The molecule has 1 saturated heterocycles. The lowest BCUT2D eigenvalue weighted by molar-refractivity contribution is -0.144. The van der Waals surface area contributed by atoms with Crippen molar-refractivity contribution in [3.8, 4) is 11.5 Å². The summed E-state index contributed by atoms with van der Waals surface area (Å²) in [6.07, 6.45) is -0.944. The largest absolute Gasteiger partial charge is 0.497 e. The molecule has 1 N–H and O–H groups in total. The molecule has 5 heteroatoms. The molecule has 20 heavy (non-hydrogen) atoms. The maximum absolute atomic E-state index is 11.8. The van der Waals surface area contributed by atoms with Crippen LogP contribution in [-0.4, -0.2) is 31.9 Å². The van der Waals surface area contributed by atoms with Crippen molar-refractivity contribution in [2.75, 3.05) is 20.8 Å². The average Bonchev–Trinajstić information content (AvgIpc) is 2.76. The number of hydrogen-bond acceptors (Lipinski definition) is 5. The molecule has 0 bridgehead atoms. The number of aliphatic hydroxyl groups is 1. The van der Waals surface area contributed by atoms with Crippen LogP contribution in [0.1, 0.15) is 24.2 Å². The summed E-state index contributed by atoms with van der Waals surface area (Å²) < 4.78 is 15.5. The lowest BCUT2D eigenvalue weighted by Gasteiger charge is -2.23. The summed E-state index contributed by atoms with van der Waals surface area (Å²) in [6.45, 7) is 4.09. The molecule has 0 saturated carbocycles. The van der Waals surface area contributed by atoms with Crippen LogP contribution >= 0.6 is 0 Å². The molecule has 2 rings (SSSR count). The Kier molecular flexibility index (Phi) is 4.18. The van der Waals surface area contributed by atoms with E-state index < -0.39 is 12.0 Å². The van der Waals surface area contributed by atoms with Gasteiger partial charge in [-0.15, -0.1) is 0 Å². The molecule has 5 nitrogen and oxygen atoms in total. The highest BCUT2D eigenvalue weighted by atomic mass is 16.5. The third-order valence-electron chi connectivity index (χ3n) is 3.79. The molecular weight excluding hydrogens is 260 g/mol. The standard InChI is InChI=1S/C15H20O5/c1-8-5-10(18-3)6-11(19-4)12(8)14(16)13-9(2)7-20-15(13)17/h5-6,9,13-14,16H,7H2,1-4H3/t9-,13-,14-/m0/s1. The molecule has 0 radical (unpaired) electrons. The van der Waals surface area contributed by atoms with Gasteiger partial charge in [0, 0.05) is 17.5 Å². The fourth-order valence-corrected chi connectivity index (χ4v) is 2.67. The van der Waals surface area contributed by atoms with Crippen LogP contribution in [0.3, 0.4) is 0 Å². The monoisotopic (exact) mass is 280 g/mol. The zero-order valence-corrected chi connectivity index (χ0v) is 12.2. The Labute approximate surface area is 118 Å².